The third-order valence-electron chi connectivity index (χ3n) is 4.56. The van der Waals surface area contributed by atoms with Gasteiger partial charge in [0.1, 0.15) is 0 Å². The predicted octanol–water partition coefficient (Wildman–Crippen LogP) is 2.22. The molecule has 0 amide bonds. The van der Waals surface area contributed by atoms with Crippen LogP contribution in [0.2, 0.25) is 0 Å². The molecule has 18 heavy (non-hydrogen) atoms. The van der Waals surface area contributed by atoms with E-state index in [2.05, 4.69) is 38.2 Å². The molecule has 0 aliphatic heterocycles. The summed E-state index contributed by atoms with van der Waals surface area (Å²) in [6, 6.07) is 0.699. The molecule has 1 saturated carbocycles. The van der Waals surface area contributed by atoms with E-state index in [1.54, 1.807) is 7.11 Å². The van der Waals surface area contributed by atoms with Crippen LogP contribution in [0, 0.1) is 17.8 Å². The molecular formula is C15H32N2O. The van der Waals surface area contributed by atoms with Crippen molar-refractivity contribution in [2.75, 3.05) is 40.9 Å². The van der Waals surface area contributed by atoms with Crippen LogP contribution in [0.15, 0.2) is 0 Å². The topological polar surface area (TPSA) is 24.5 Å². The third-order valence-corrected chi connectivity index (χ3v) is 4.56. The maximum Gasteiger partial charge on any atom is 0.0589 e. The van der Waals surface area contributed by atoms with E-state index < -0.39 is 0 Å². The van der Waals surface area contributed by atoms with Crippen LogP contribution in [0.1, 0.15) is 33.1 Å². The molecule has 3 heteroatoms. The van der Waals surface area contributed by atoms with Crippen LogP contribution >= 0.6 is 0 Å². The fourth-order valence-electron chi connectivity index (χ4n) is 3.23. The first kappa shape index (κ1) is 15.9. The standard InChI is InChI=1S/C15H32N2O/c1-12(2)13-6-7-15(16-3)14(10-13)11-17(4)8-9-18-5/h12-16H,6-11H2,1-5H3. The van der Waals surface area contributed by atoms with Gasteiger partial charge in [0.15, 0.2) is 0 Å². The lowest BCUT2D eigenvalue weighted by Gasteiger charge is -2.39. The maximum atomic E-state index is 5.16. The molecule has 0 aromatic heterocycles. The minimum Gasteiger partial charge on any atom is -0.383 e. The molecule has 3 nitrogen and oxygen atoms in total. The molecule has 3 unspecified atom stereocenters. The van der Waals surface area contributed by atoms with Crippen LogP contribution in [0.5, 0.6) is 0 Å². The van der Waals surface area contributed by atoms with Gasteiger partial charge in [-0.2, -0.15) is 0 Å². The van der Waals surface area contributed by atoms with E-state index in [0.717, 1.165) is 30.9 Å². The zero-order valence-electron chi connectivity index (χ0n) is 12.9. The van der Waals surface area contributed by atoms with Gasteiger partial charge in [0.05, 0.1) is 6.61 Å². The van der Waals surface area contributed by atoms with Gasteiger partial charge in [-0.25, -0.2) is 0 Å². The number of methoxy groups -OCH3 is 1. The Morgan fingerprint density at radius 3 is 2.61 bits per heavy atom. The average Bonchev–Trinajstić information content (AvgIpc) is 2.36. The Balaban J connectivity index is 2.46. The number of nitrogens with one attached hydrogen (secondary N) is 1. The average molecular weight is 256 g/mol. The lowest BCUT2D eigenvalue weighted by atomic mass is 9.73. The summed E-state index contributed by atoms with van der Waals surface area (Å²) >= 11 is 0. The van der Waals surface area contributed by atoms with Crippen molar-refractivity contribution in [1.82, 2.24) is 10.2 Å². The Bertz CT molecular complexity index is 221. The molecule has 0 saturated heterocycles. The summed E-state index contributed by atoms with van der Waals surface area (Å²) in [6.07, 6.45) is 4.10. The van der Waals surface area contributed by atoms with Crippen molar-refractivity contribution in [3.63, 3.8) is 0 Å². The van der Waals surface area contributed by atoms with Crippen LogP contribution in [0.3, 0.4) is 0 Å². The summed E-state index contributed by atoms with van der Waals surface area (Å²) in [6.45, 7) is 7.81. The monoisotopic (exact) mass is 256 g/mol. The second-order valence-corrected chi connectivity index (χ2v) is 6.23. The van der Waals surface area contributed by atoms with E-state index in [1.165, 1.54) is 25.8 Å². The normalized spacial score (nSPS) is 29.2. The van der Waals surface area contributed by atoms with Crippen molar-refractivity contribution >= 4 is 0 Å². The number of ether oxygens (including phenoxy) is 1. The Morgan fingerprint density at radius 2 is 2.06 bits per heavy atom. The van der Waals surface area contributed by atoms with Gasteiger partial charge in [0.25, 0.3) is 0 Å². The first-order chi connectivity index (χ1) is 8.58. The SMILES string of the molecule is CNC1CCC(C(C)C)CC1CN(C)CCOC. The number of rotatable bonds is 7. The summed E-state index contributed by atoms with van der Waals surface area (Å²) in [7, 11) is 6.10. The molecule has 0 heterocycles. The molecule has 1 rings (SSSR count). The highest BCUT2D eigenvalue weighted by Gasteiger charge is 2.31. The van der Waals surface area contributed by atoms with Gasteiger partial charge in [-0.05, 0) is 51.1 Å². The highest BCUT2D eigenvalue weighted by Crippen LogP contribution is 2.34. The highest BCUT2D eigenvalue weighted by atomic mass is 16.5. The van der Waals surface area contributed by atoms with E-state index in [4.69, 9.17) is 4.74 Å². The zero-order valence-corrected chi connectivity index (χ0v) is 12.9. The van der Waals surface area contributed by atoms with Crippen LogP contribution in [-0.2, 0) is 4.74 Å². The molecule has 0 bridgehead atoms. The van der Waals surface area contributed by atoms with Gasteiger partial charge >= 0.3 is 0 Å². The fourth-order valence-corrected chi connectivity index (χ4v) is 3.23. The number of likely N-dealkylation sites (N-methyl/N-ethyl adjacent to an activating group) is 1. The smallest absolute Gasteiger partial charge is 0.0589 e. The van der Waals surface area contributed by atoms with E-state index in [1.807, 2.05) is 0 Å². The number of hydrogen-bond donors (Lipinski definition) is 1. The quantitative estimate of drug-likeness (QED) is 0.756. The van der Waals surface area contributed by atoms with Crippen molar-refractivity contribution in [2.24, 2.45) is 17.8 Å². The molecule has 0 radical (unpaired) electrons. The molecule has 3 atom stereocenters. The zero-order chi connectivity index (χ0) is 13.5. The number of hydrogen-bond acceptors (Lipinski definition) is 3. The van der Waals surface area contributed by atoms with E-state index in [9.17, 15) is 0 Å². The second-order valence-electron chi connectivity index (χ2n) is 6.23. The Kier molecular flexibility index (Phi) is 7.20. The summed E-state index contributed by atoms with van der Waals surface area (Å²) < 4.78 is 5.16. The summed E-state index contributed by atoms with van der Waals surface area (Å²) in [5.41, 5.74) is 0. The molecule has 0 spiro atoms. The molecule has 1 aliphatic carbocycles. The van der Waals surface area contributed by atoms with Gasteiger partial charge in [-0.15, -0.1) is 0 Å². The Hall–Kier alpha value is -0.120. The minimum absolute atomic E-state index is 0.699. The molecule has 0 aromatic rings. The summed E-state index contributed by atoms with van der Waals surface area (Å²) in [5, 5.41) is 3.52. The van der Waals surface area contributed by atoms with Crippen molar-refractivity contribution in [3.8, 4) is 0 Å². The van der Waals surface area contributed by atoms with Crippen LogP contribution in [0.25, 0.3) is 0 Å². The molecule has 0 aromatic carbocycles. The van der Waals surface area contributed by atoms with E-state index in [0.29, 0.717) is 6.04 Å². The van der Waals surface area contributed by atoms with Gasteiger partial charge in [0, 0.05) is 26.2 Å². The lowest BCUT2D eigenvalue weighted by molar-refractivity contribution is 0.113. The van der Waals surface area contributed by atoms with E-state index in [-0.39, 0.29) is 0 Å². The number of nitrogens with zero attached hydrogens (tertiary/aromatic N) is 1. The molecule has 1 aliphatic rings. The van der Waals surface area contributed by atoms with Gasteiger partial charge in [0.2, 0.25) is 0 Å². The summed E-state index contributed by atoms with van der Waals surface area (Å²) in [4.78, 5) is 2.42. The maximum absolute atomic E-state index is 5.16. The molecule has 108 valence electrons. The lowest BCUT2D eigenvalue weighted by Crippen LogP contribution is -2.45. The van der Waals surface area contributed by atoms with Crippen LogP contribution < -0.4 is 5.32 Å². The van der Waals surface area contributed by atoms with Gasteiger partial charge in [-0.3, -0.25) is 0 Å². The van der Waals surface area contributed by atoms with Gasteiger partial charge in [-0.1, -0.05) is 13.8 Å². The van der Waals surface area contributed by atoms with Crippen molar-refractivity contribution in [3.05, 3.63) is 0 Å². The largest absolute Gasteiger partial charge is 0.383 e. The Labute approximate surface area is 113 Å². The van der Waals surface area contributed by atoms with Gasteiger partial charge < -0.3 is 15.0 Å². The third kappa shape index (κ3) is 4.87. The summed E-state index contributed by atoms with van der Waals surface area (Å²) in [5.74, 6) is 2.53. The molecule has 1 N–H and O–H groups in total. The first-order valence-electron chi connectivity index (χ1n) is 7.43. The van der Waals surface area contributed by atoms with Crippen molar-refractivity contribution in [1.29, 1.82) is 0 Å². The molecule has 1 fully saturated rings. The van der Waals surface area contributed by atoms with Crippen molar-refractivity contribution in [2.45, 2.75) is 39.2 Å². The minimum atomic E-state index is 0.699. The second kappa shape index (κ2) is 8.13. The first-order valence-corrected chi connectivity index (χ1v) is 7.43. The predicted molar refractivity (Wildman–Crippen MR) is 77.9 cm³/mol. The molecular weight excluding hydrogens is 224 g/mol. The van der Waals surface area contributed by atoms with Crippen LogP contribution in [0.4, 0.5) is 0 Å². The van der Waals surface area contributed by atoms with Crippen molar-refractivity contribution < 1.29 is 4.74 Å². The Morgan fingerprint density at radius 1 is 1.33 bits per heavy atom. The van der Waals surface area contributed by atoms with E-state index >= 15 is 0 Å². The fraction of sp³-hybridized carbons (Fsp3) is 1.00. The highest BCUT2D eigenvalue weighted by molar-refractivity contribution is 4.86. The van der Waals surface area contributed by atoms with Crippen LogP contribution in [-0.4, -0.2) is 51.8 Å².